The molecule has 0 aliphatic heterocycles. The van der Waals surface area contributed by atoms with Crippen molar-refractivity contribution in [2.24, 2.45) is 0 Å². The Morgan fingerprint density at radius 3 is 2.39 bits per heavy atom. The molecular weight excluding hydrogens is 398 g/mol. The number of anilines is 1. The molecular formula is C23H21F2N6. The number of nitrogen functional groups attached to an aromatic ring is 1. The lowest BCUT2D eigenvalue weighted by molar-refractivity contribution is 0.403. The van der Waals surface area contributed by atoms with Gasteiger partial charge in [0, 0.05) is 41.5 Å². The van der Waals surface area contributed by atoms with Crippen LogP contribution in [0.25, 0.3) is 16.9 Å². The van der Waals surface area contributed by atoms with E-state index >= 15 is 0 Å². The van der Waals surface area contributed by atoms with E-state index in [4.69, 9.17) is 5.73 Å². The molecule has 0 bridgehead atoms. The Morgan fingerprint density at radius 1 is 1.06 bits per heavy atom. The Labute approximate surface area is 179 Å². The molecule has 0 fully saturated rings. The Bertz CT molecular complexity index is 1170. The molecule has 4 rings (SSSR count). The van der Waals surface area contributed by atoms with Crippen LogP contribution in [0.1, 0.15) is 16.7 Å². The quantitative estimate of drug-likeness (QED) is 0.483. The van der Waals surface area contributed by atoms with Crippen LogP contribution in [0.3, 0.4) is 0 Å². The second-order valence-corrected chi connectivity index (χ2v) is 7.44. The average molecular weight is 419 g/mol. The Hall–Kier alpha value is -3.65. The first kappa shape index (κ1) is 20.6. The van der Waals surface area contributed by atoms with Crippen molar-refractivity contribution < 1.29 is 8.78 Å². The molecule has 0 atom stereocenters. The molecule has 8 heteroatoms. The molecule has 2 aromatic carbocycles. The summed E-state index contributed by atoms with van der Waals surface area (Å²) < 4.78 is 28.4. The molecule has 157 valence electrons. The number of hydrogen-bond donors (Lipinski definition) is 1. The molecule has 0 unspecified atom stereocenters. The molecule has 31 heavy (non-hydrogen) atoms. The highest BCUT2D eigenvalue weighted by Crippen LogP contribution is 2.32. The summed E-state index contributed by atoms with van der Waals surface area (Å²) in [6.45, 7) is 0.537. The fourth-order valence-electron chi connectivity index (χ4n) is 3.38. The zero-order chi connectivity index (χ0) is 22.0. The van der Waals surface area contributed by atoms with Gasteiger partial charge in [0.05, 0.1) is 12.4 Å². The topological polar surface area (TPSA) is 72.9 Å². The smallest absolute Gasteiger partial charge is 0.174 e. The second kappa shape index (κ2) is 8.61. The molecule has 0 amide bonds. The van der Waals surface area contributed by atoms with E-state index in [1.54, 1.807) is 24.7 Å². The van der Waals surface area contributed by atoms with E-state index in [0.717, 1.165) is 16.7 Å². The van der Waals surface area contributed by atoms with Gasteiger partial charge in [-0.25, -0.2) is 13.8 Å². The van der Waals surface area contributed by atoms with Gasteiger partial charge in [0.15, 0.2) is 5.82 Å². The third kappa shape index (κ3) is 4.44. The van der Waals surface area contributed by atoms with Crippen molar-refractivity contribution in [3.05, 3.63) is 89.4 Å². The first-order valence-electron chi connectivity index (χ1n) is 9.66. The predicted molar refractivity (Wildman–Crippen MR) is 114 cm³/mol. The van der Waals surface area contributed by atoms with Crippen LogP contribution in [-0.4, -0.2) is 39.0 Å². The maximum absolute atomic E-state index is 14.2. The molecule has 2 N–H and O–H groups in total. The molecule has 0 saturated carbocycles. The molecule has 4 aromatic rings. The number of aromatic nitrogens is 4. The summed E-state index contributed by atoms with van der Waals surface area (Å²) >= 11 is 0. The molecule has 0 saturated heterocycles. The molecule has 0 spiro atoms. The largest absolute Gasteiger partial charge is 0.398 e. The van der Waals surface area contributed by atoms with Crippen LogP contribution < -0.4 is 5.73 Å². The number of halogens is 2. The van der Waals surface area contributed by atoms with E-state index < -0.39 is 11.6 Å². The highest BCUT2D eigenvalue weighted by molar-refractivity contribution is 5.79. The molecule has 2 heterocycles. The van der Waals surface area contributed by atoms with Crippen molar-refractivity contribution in [3.63, 3.8) is 0 Å². The van der Waals surface area contributed by atoms with Gasteiger partial charge in [0.1, 0.15) is 11.6 Å². The van der Waals surface area contributed by atoms with Crippen molar-refractivity contribution in [3.8, 4) is 16.9 Å². The van der Waals surface area contributed by atoms with Crippen molar-refractivity contribution in [1.82, 2.24) is 24.9 Å². The van der Waals surface area contributed by atoms with Crippen LogP contribution in [0.4, 0.5) is 14.5 Å². The lowest BCUT2D eigenvalue weighted by Gasteiger charge is -2.17. The standard InChI is InChI=1S/C23H21F2N6/c1-30(2)14-17-10-15(12-19-20(24)4-3-5-21(19)25)11-18(23(17)26)16-6-7-22(27-13-16)31-28-8-9-29-31/h3-9,11,13H,12,14,26H2,1-2H3. The van der Waals surface area contributed by atoms with Gasteiger partial charge in [-0.05, 0) is 61.6 Å². The van der Waals surface area contributed by atoms with Crippen molar-refractivity contribution >= 4 is 5.69 Å². The average Bonchev–Trinajstić information content (AvgIpc) is 3.28. The second-order valence-electron chi connectivity index (χ2n) is 7.44. The van der Waals surface area contributed by atoms with Crippen LogP contribution in [-0.2, 0) is 13.0 Å². The van der Waals surface area contributed by atoms with Gasteiger partial charge in [-0.3, -0.25) is 0 Å². The summed E-state index contributed by atoms with van der Waals surface area (Å²) in [6.07, 6.45) is 4.89. The number of nitrogens with two attached hydrogens (primary N) is 1. The zero-order valence-electron chi connectivity index (χ0n) is 17.2. The normalized spacial score (nSPS) is 11.3. The van der Waals surface area contributed by atoms with E-state index in [1.165, 1.54) is 23.0 Å². The minimum absolute atomic E-state index is 0.00324. The fraction of sp³-hybridized carbons (Fsp3) is 0.174. The van der Waals surface area contributed by atoms with E-state index in [-0.39, 0.29) is 12.0 Å². The maximum Gasteiger partial charge on any atom is 0.174 e. The molecule has 0 aliphatic carbocycles. The lowest BCUT2D eigenvalue weighted by Crippen LogP contribution is -2.13. The Kier molecular flexibility index (Phi) is 5.73. The highest BCUT2D eigenvalue weighted by Gasteiger charge is 2.15. The van der Waals surface area contributed by atoms with Crippen molar-refractivity contribution in [2.75, 3.05) is 19.8 Å². The third-order valence-corrected chi connectivity index (χ3v) is 4.83. The van der Waals surface area contributed by atoms with Gasteiger partial charge in [-0.1, -0.05) is 6.07 Å². The number of nitrogens with zero attached hydrogens (tertiary/aromatic N) is 5. The van der Waals surface area contributed by atoms with Gasteiger partial charge in [-0.15, -0.1) is 4.80 Å². The number of benzene rings is 2. The lowest BCUT2D eigenvalue weighted by atomic mass is 9.94. The highest BCUT2D eigenvalue weighted by atomic mass is 19.1. The molecule has 1 radical (unpaired) electrons. The minimum atomic E-state index is -0.585. The van der Waals surface area contributed by atoms with Crippen LogP contribution in [0.15, 0.2) is 55.0 Å². The van der Waals surface area contributed by atoms with E-state index in [9.17, 15) is 8.78 Å². The van der Waals surface area contributed by atoms with Gasteiger partial charge in [0.25, 0.3) is 0 Å². The summed E-state index contributed by atoms with van der Waals surface area (Å²) in [7, 11) is 3.84. The third-order valence-electron chi connectivity index (χ3n) is 4.83. The van der Waals surface area contributed by atoms with Gasteiger partial charge in [-0.2, -0.15) is 10.2 Å². The molecule has 2 aromatic heterocycles. The molecule has 0 aliphatic rings. The Balaban J connectivity index is 1.77. The summed E-state index contributed by atoms with van der Waals surface area (Å²) in [5.41, 5.74) is 9.92. The first-order valence-corrected chi connectivity index (χ1v) is 9.66. The predicted octanol–water partition coefficient (Wildman–Crippen LogP) is 3.64. The monoisotopic (exact) mass is 419 g/mol. The zero-order valence-corrected chi connectivity index (χ0v) is 17.2. The number of hydrogen-bond acceptors (Lipinski definition) is 5. The molecule has 6 nitrogen and oxygen atoms in total. The van der Waals surface area contributed by atoms with Gasteiger partial charge < -0.3 is 10.6 Å². The summed E-state index contributed by atoms with van der Waals surface area (Å²) in [6, 6.07) is 12.6. The van der Waals surface area contributed by atoms with Crippen LogP contribution >= 0.6 is 0 Å². The minimum Gasteiger partial charge on any atom is -0.398 e. The van der Waals surface area contributed by atoms with Gasteiger partial charge >= 0.3 is 0 Å². The van der Waals surface area contributed by atoms with E-state index in [1.807, 2.05) is 31.1 Å². The van der Waals surface area contributed by atoms with Crippen molar-refractivity contribution in [1.29, 1.82) is 0 Å². The fourth-order valence-corrected chi connectivity index (χ4v) is 3.38. The summed E-state index contributed by atoms with van der Waals surface area (Å²) in [5, 5.41) is 8.13. The first-order chi connectivity index (χ1) is 14.9. The van der Waals surface area contributed by atoms with E-state index in [0.29, 0.717) is 23.6 Å². The number of pyridine rings is 1. The van der Waals surface area contributed by atoms with Gasteiger partial charge in [0.2, 0.25) is 0 Å². The maximum atomic E-state index is 14.2. The summed E-state index contributed by atoms with van der Waals surface area (Å²) in [4.78, 5) is 7.79. The SMILES string of the molecule is CN(C)Cc1[c]c(Cc2c(F)cccc2F)cc(-c2ccc(-n3nccn3)nc2)c1N. The van der Waals surface area contributed by atoms with E-state index in [2.05, 4.69) is 21.2 Å². The Morgan fingerprint density at radius 2 is 1.77 bits per heavy atom. The van der Waals surface area contributed by atoms with Crippen LogP contribution in [0, 0.1) is 17.7 Å². The van der Waals surface area contributed by atoms with Crippen molar-refractivity contribution in [2.45, 2.75) is 13.0 Å². The number of rotatable bonds is 6. The van der Waals surface area contributed by atoms with Crippen LogP contribution in [0.5, 0.6) is 0 Å². The van der Waals surface area contributed by atoms with Crippen LogP contribution in [0.2, 0.25) is 0 Å². The summed E-state index contributed by atoms with van der Waals surface area (Å²) in [5.74, 6) is -0.602.